The van der Waals surface area contributed by atoms with Crippen molar-refractivity contribution < 1.29 is 15.1 Å². The number of nitrogens with one attached hydrogen (secondary N) is 1. The second-order valence-corrected chi connectivity index (χ2v) is 8.42. The molecule has 0 bridgehead atoms. The summed E-state index contributed by atoms with van der Waals surface area (Å²) in [6.07, 6.45) is -0.755. The molecule has 0 fully saturated rings. The third kappa shape index (κ3) is 5.24. The number of phenolic OH excluding ortho intramolecular Hbond substituents is 1. The Labute approximate surface area is 183 Å². The van der Waals surface area contributed by atoms with E-state index in [-0.39, 0.29) is 23.0 Å². The van der Waals surface area contributed by atoms with Crippen LogP contribution in [0.2, 0.25) is 5.02 Å². The number of rotatable bonds is 7. The van der Waals surface area contributed by atoms with E-state index in [1.54, 1.807) is 19.1 Å². The van der Waals surface area contributed by atoms with Crippen LogP contribution in [-0.2, 0) is 6.54 Å². The van der Waals surface area contributed by atoms with Crippen molar-refractivity contribution >= 4 is 34.7 Å². The van der Waals surface area contributed by atoms with E-state index >= 15 is 0 Å². The molecule has 0 saturated heterocycles. The minimum Gasteiger partial charge on any atom is -0.504 e. The zero-order valence-corrected chi connectivity index (χ0v) is 18.0. The minimum absolute atomic E-state index is 0.0139. The third-order valence-electron chi connectivity index (χ3n) is 4.54. The molecule has 0 aliphatic carbocycles. The number of hydrogen-bond donors (Lipinski definition) is 3. The predicted octanol–water partition coefficient (Wildman–Crippen LogP) is 6.08. The maximum absolute atomic E-state index is 11.2. The molecule has 30 heavy (non-hydrogen) atoms. The molecule has 3 rings (SSSR count). The number of hydrogen-bond acceptors (Lipinski definition) is 6. The molecule has 0 saturated carbocycles. The number of non-ortho nitro benzene ring substituents is 1. The zero-order valence-electron chi connectivity index (χ0n) is 16.4. The van der Waals surface area contributed by atoms with Gasteiger partial charge in [-0.25, -0.2) is 0 Å². The second-order valence-electron chi connectivity index (χ2n) is 6.89. The van der Waals surface area contributed by atoms with Crippen LogP contribution in [-0.4, -0.2) is 15.1 Å². The molecule has 0 radical (unpaired) electrons. The molecule has 0 spiro atoms. The number of aromatic hydroxyl groups is 1. The van der Waals surface area contributed by atoms with Gasteiger partial charge >= 0.3 is 0 Å². The second kappa shape index (κ2) is 9.38. The highest BCUT2D eigenvalue weighted by Gasteiger charge is 2.15. The first-order chi connectivity index (χ1) is 14.2. The van der Waals surface area contributed by atoms with Gasteiger partial charge in [0, 0.05) is 28.5 Å². The largest absolute Gasteiger partial charge is 0.504 e. The predicted molar refractivity (Wildman–Crippen MR) is 119 cm³/mol. The van der Waals surface area contributed by atoms with Crippen LogP contribution in [0, 0.1) is 17.0 Å². The third-order valence-corrected chi connectivity index (χ3v) is 5.96. The maximum Gasteiger partial charge on any atom is 0.269 e. The molecule has 1 atom stereocenters. The monoisotopic (exact) mass is 444 g/mol. The number of phenols is 1. The lowest BCUT2D eigenvalue weighted by molar-refractivity contribution is -0.385. The SMILES string of the molecule is Cc1ccc(Sc2ccc([N+](=O)[O-])cc2CNc2cc(C(C)O)cc(Cl)c2O)cc1. The highest BCUT2D eigenvalue weighted by atomic mass is 35.5. The van der Waals surface area contributed by atoms with Gasteiger partial charge in [-0.2, -0.15) is 0 Å². The van der Waals surface area contributed by atoms with Crippen molar-refractivity contribution in [2.45, 2.75) is 36.3 Å². The first-order valence-corrected chi connectivity index (χ1v) is 10.4. The Hall–Kier alpha value is -2.74. The molecule has 3 N–H and O–H groups in total. The fourth-order valence-electron chi connectivity index (χ4n) is 2.84. The molecule has 0 aliphatic rings. The summed E-state index contributed by atoms with van der Waals surface area (Å²) in [6.45, 7) is 3.83. The number of benzene rings is 3. The Bertz CT molecular complexity index is 1070. The minimum atomic E-state index is -0.755. The van der Waals surface area contributed by atoms with Gasteiger partial charge in [0.05, 0.1) is 21.7 Å². The molecule has 6 nitrogen and oxygen atoms in total. The fraction of sp³-hybridized carbons (Fsp3) is 0.182. The number of nitro groups is 1. The van der Waals surface area contributed by atoms with Crippen molar-refractivity contribution in [1.29, 1.82) is 0 Å². The summed E-state index contributed by atoms with van der Waals surface area (Å²) >= 11 is 7.57. The topological polar surface area (TPSA) is 95.6 Å². The Morgan fingerprint density at radius 3 is 2.50 bits per heavy atom. The van der Waals surface area contributed by atoms with Gasteiger partial charge in [0.1, 0.15) is 0 Å². The number of nitrogens with zero attached hydrogens (tertiary/aromatic N) is 1. The van der Waals surface area contributed by atoms with E-state index in [9.17, 15) is 20.3 Å². The molecule has 0 aromatic heterocycles. The average molecular weight is 445 g/mol. The van der Waals surface area contributed by atoms with Crippen molar-refractivity contribution in [3.8, 4) is 5.75 Å². The molecule has 156 valence electrons. The highest BCUT2D eigenvalue weighted by molar-refractivity contribution is 7.99. The number of anilines is 1. The van der Waals surface area contributed by atoms with Crippen LogP contribution in [0.3, 0.4) is 0 Å². The normalized spacial score (nSPS) is 11.9. The van der Waals surface area contributed by atoms with Crippen LogP contribution in [0.25, 0.3) is 0 Å². The van der Waals surface area contributed by atoms with E-state index < -0.39 is 11.0 Å². The standard InChI is InChI=1S/C22H21ClN2O4S/c1-13-3-6-18(7-4-13)30-21-8-5-17(25(28)29)9-16(21)12-24-20-11-15(14(2)26)10-19(23)22(20)27/h3-11,14,24,26-27H,12H2,1-2H3. The Morgan fingerprint density at radius 2 is 1.87 bits per heavy atom. The first kappa shape index (κ1) is 22.0. The smallest absolute Gasteiger partial charge is 0.269 e. The molecule has 0 heterocycles. The molecule has 3 aromatic rings. The van der Waals surface area contributed by atoms with Crippen molar-refractivity contribution in [2.24, 2.45) is 0 Å². The Morgan fingerprint density at radius 1 is 1.17 bits per heavy atom. The Balaban J connectivity index is 1.91. The lowest BCUT2D eigenvalue weighted by Gasteiger charge is -2.15. The van der Waals surface area contributed by atoms with Crippen molar-refractivity contribution in [3.05, 3.63) is 86.4 Å². The van der Waals surface area contributed by atoms with Crippen LogP contribution in [0.5, 0.6) is 5.75 Å². The molecular formula is C22H21ClN2O4S. The van der Waals surface area contributed by atoms with E-state index in [1.165, 1.54) is 30.0 Å². The summed E-state index contributed by atoms with van der Waals surface area (Å²) in [6, 6.07) is 15.8. The fourth-order valence-corrected chi connectivity index (χ4v) is 3.99. The van der Waals surface area contributed by atoms with Crippen LogP contribution < -0.4 is 5.32 Å². The molecule has 0 amide bonds. The van der Waals surface area contributed by atoms with Crippen LogP contribution in [0.1, 0.15) is 29.7 Å². The summed E-state index contributed by atoms with van der Waals surface area (Å²) < 4.78 is 0. The number of nitro benzene ring substituents is 1. The highest BCUT2D eigenvalue weighted by Crippen LogP contribution is 2.37. The lowest BCUT2D eigenvalue weighted by Crippen LogP contribution is -2.04. The Kier molecular flexibility index (Phi) is 6.87. The summed E-state index contributed by atoms with van der Waals surface area (Å²) in [5.74, 6) is -0.140. The molecule has 3 aromatic carbocycles. The molecule has 8 heteroatoms. The van der Waals surface area contributed by atoms with E-state index in [1.807, 2.05) is 31.2 Å². The average Bonchev–Trinajstić information content (AvgIpc) is 2.71. The summed E-state index contributed by atoms with van der Waals surface area (Å²) in [5, 5.41) is 34.5. The number of aliphatic hydroxyl groups excluding tert-OH is 1. The van der Waals surface area contributed by atoms with E-state index in [4.69, 9.17) is 11.6 Å². The van der Waals surface area contributed by atoms with Gasteiger partial charge in [0.15, 0.2) is 5.75 Å². The van der Waals surface area contributed by atoms with Gasteiger partial charge in [0.2, 0.25) is 0 Å². The molecule has 1 unspecified atom stereocenters. The summed E-state index contributed by atoms with van der Waals surface area (Å²) in [5.41, 5.74) is 2.73. The van der Waals surface area contributed by atoms with Gasteiger partial charge in [-0.05, 0) is 55.3 Å². The summed E-state index contributed by atoms with van der Waals surface area (Å²) in [4.78, 5) is 12.7. The number of aryl methyl sites for hydroxylation is 1. The van der Waals surface area contributed by atoms with Crippen molar-refractivity contribution in [3.63, 3.8) is 0 Å². The first-order valence-electron chi connectivity index (χ1n) is 9.21. The quantitative estimate of drug-likeness (QED) is 0.232. The van der Waals surface area contributed by atoms with Gasteiger partial charge in [-0.1, -0.05) is 41.1 Å². The van der Waals surface area contributed by atoms with E-state index in [0.717, 1.165) is 15.4 Å². The lowest BCUT2D eigenvalue weighted by atomic mass is 10.1. The van der Waals surface area contributed by atoms with Crippen LogP contribution >= 0.6 is 23.4 Å². The van der Waals surface area contributed by atoms with Gasteiger partial charge in [-0.15, -0.1) is 0 Å². The van der Waals surface area contributed by atoms with Gasteiger partial charge in [0.25, 0.3) is 5.69 Å². The zero-order chi connectivity index (χ0) is 21.8. The molecular weight excluding hydrogens is 424 g/mol. The maximum atomic E-state index is 11.2. The van der Waals surface area contributed by atoms with Crippen molar-refractivity contribution in [1.82, 2.24) is 0 Å². The number of aliphatic hydroxyl groups is 1. The van der Waals surface area contributed by atoms with E-state index in [2.05, 4.69) is 5.32 Å². The number of halogens is 1. The molecule has 0 aliphatic heterocycles. The summed E-state index contributed by atoms with van der Waals surface area (Å²) in [7, 11) is 0. The van der Waals surface area contributed by atoms with E-state index in [0.29, 0.717) is 16.8 Å². The van der Waals surface area contributed by atoms with Crippen LogP contribution in [0.15, 0.2) is 64.4 Å². The van der Waals surface area contributed by atoms with Crippen LogP contribution in [0.4, 0.5) is 11.4 Å². The van der Waals surface area contributed by atoms with Gasteiger partial charge < -0.3 is 15.5 Å². The van der Waals surface area contributed by atoms with Gasteiger partial charge in [-0.3, -0.25) is 10.1 Å². The van der Waals surface area contributed by atoms with Crippen molar-refractivity contribution in [2.75, 3.05) is 5.32 Å².